The fourth-order valence-corrected chi connectivity index (χ4v) is 3.81. The van der Waals surface area contributed by atoms with Crippen LogP contribution in [0.5, 0.6) is 0 Å². The zero-order valence-electron chi connectivity index (χ0n) is 10.5. The average molecular weight is 294 g/mol. The molecular weight excluding hydrogens is 276 g/mol. The molecule has 9 heteroatoms. The van der Waals surface area contributed by atoms with Crippen molar-refractivity contribution in [2.75, 3.05) is 18.6 Å². The molecule has 2 unspecified atom stereocenters. The lowest BCUT2D eigenvalue weighted by Gasteiger charge is -2.21. The van der Waals surface area contributed by atoms with Crippen molar-refractivity contribution < 1.29 is 13.5 Å². The molecule has 0 aliphatic carbocycles. The lowest BCUT2D eigenvalue weighted by atomic mass is 10.3. The maximum absolute atomic E-state index is 12.1. The molecule has 104 valence electrons. The number of anilines is 1. The number of aromatic nitrogens is 2. The van der Waals surface area contributed by atoms with Crippen LogP contribution in [0.1, 0.15) is 6.92 Å². The monoisotopic (exact) mass is 294 g/mol. The number of rotatable bonds is 6. The van der Waals surface area contributed by atoms with E-state index in [4.69, 9.17) is 10.8 Å². The number of nitrogen functional groups attached to an aromatic ring is 1. The highest BCUT2D eigenvalue weighted by Gasteiger charge is 2.27. The molecule has 0 bridgehead atoms. The van der Waals surface area contributed by atoms with Crippen LogP contribution in [-0.2, 0) is 17.1 Å². The number of aliphatic hydroxyl groups is 1. The van der Waals surface area contributed by atoms with Crippen LogP contribution in [0.3, 0.4) is 0 Å². The third kappa shape index (κ3) is 3.16. The minimum Gasteiger partial charge on any atom is -0.395 e. The second-order valence-electron chi connectivity index (χ2n) is 3.91. The number of aryl methyl sites for hydroxylation is 1. The Morgan fingerprint density at radius 3 is 2.67 bits per heavy atom. The Balaban J connectivity index is 2.96. The average Bonchev–Trinajstić information content (AvgIpc) is 2.59. The Morgan fingerprint density at radius 1 is 1.67 bits per heavy atom. The molecule has 0 spiro atoms. The van der Waals surface area contributed by atoms with Crippen molar-refractivity contribution in [2.45, 2.75) is 23.2 Å². The summed E-state index contributed by atoms with van der Waals surface area (Å²) >= 11 is 1.39. The van der Waals surface area contributed by atoms with Gasteiger partial charge in [-0.15, -0.1) is 0 Å². The maximum Gasteiger partial charge on any atom is 0.260 e. The van der Waals surface area contributed by atoms with E-state index in [9.17, 15) is 8.42 Å². The molecule has 0 aliphatic heterocycles. The fourth-order valence-electron chi connectivity index (χ4n) is 1.58. The number of hydrogen-bond donors (Lipinski definition) is 3. The van der Waals surface area contributed by atoms with Gasteiger partial charge in [-0.1, -0.05) is 0 Å². The van der Waals surface area contributed by atoms with Crippen LogP contribution in [0, 0.1) is 0 Å². The number of hydrogen-bond acceptors (Lipinski definition) is 6. The van der Waals surface area contributed by atoms with Gasteiger partial charge in [0.15, 0.2) is 10.8 Å². The van der Waals surface area contributed by atoms with E-state index in [1.54, 1.807) is 14.0 Å². The van der Waals surface area contributed by atoms with Gasteiger partial charge in [-0.2, -0.15) is 11.8 Å². The molecule has 1 heterocycles. The van der Waals surface area contributed by atoms with Gasteiger partial charge in [0.2, 0.25) is 0 Å². The Morgan fingerprint density at radius 2 is 2.28 bits per heavy atom. The van der Waals surface area contributed by atoms with Gasteiger partial charge in [-0.3, -0.25) is 0 Å². The first-order valence-electron chi connectivity index (χ1n) is 5.26. The second kappa shape index (κ2) is 5.91. The molecule has 18 heavy (non-hydrogen) atoms. The number of nitrogens with one attached hydrogen (secondary N) is 1. The molecule has 2 atom stereocenters. The number of nitrogens with zero attached hydrogens (tertiary/aromatic N) is 2. The molecule has 0 saturated carbocycles. The first kappa shape index (κ1) is 15.3. The van der Waals surface area contributed by atoms with Crippen LogP contribution >= 0.6 is 11.8 Å². The van der Waals surface area contributed by atoms with Gasteiger partial charge < -0.3 is 15.4 Å². The first-order valence-corrected chi connectivity index (χ1v) is 8.03. The summed E-state index contributed by atoms with van der Waals surface area (Å²) in [5.74, 6) is -0.0399. The predicted octanol–water partition coefficient (Wildman–Crippen LogP) is -0.607. The summed E-state index contributed by atoms with van der Waals surface area (Å²) in [6.45, 7) is 1.59. The maximum atomic E-state index is 12.1. The van der Waals surface area contributed by atoms with E-state index in [1.807, 2.05) is 6.26 Å². The Hall–Kier alpha value is -0.770. The molecule has 1 rings (SSSR count). The second-order valence-corrected chi connectivity index (χ2v) is 6.62. The molecular formula is C9H18N4O3S2. The Bertz CT molecular complexity index is 476. The molecule has 7 nitrogen and oxygen atoms in total. The Labute approximate surface area is 111 Å². The number of nitrogens with two attached hydrogens (primary N) is 1. The normalized spacial score (nSPS) is 15.6. The molecule has 1 aromatic heterocycles. The largest absolute Gasteiger partial charge is 0.395 e. The van der Waals surface area contributed by atoms with E-state index >= 15 is 0 Å². The van der Waals surface area contributed by atoms with Gasteiger partial charge in [-0.05, 0) is 13.2 Å². The van der Waals surface area contributed by atoms with Crippen molar-refractivity contribution in [3.63, 3.8) is 0 Å². The number of thioether (sulfide) groups is 1. The van der Waals surface area contributed by atoms with E-state index < -0.39 is 16.1 Å². The number of imidazole rings is 1. The quantitative estimate of drug-likeness (QED) is 0.646. The highest BCUT2D eigenvalue weighted by molar-refractivity contribution is 7.99. The van der Waals surface area contributed by atoms with E-state index in [0.717, 1.165) is 0 Å². The fraction of sp³-hybridized carbons (Fsp3) is 0.667. The van der Waals surface area contributed by atoms with Crippen molar-refractivity contribution >= 4 is 27.6 Å². The van der Waals surface area contributed by atoms with Crippen LogP contribution in [0.2, 0.25) is 0 Å². The van der Waals surface area contributed by atoms with Gasteiger partial charge >= 0.3 is 0 Å². The van der Waals surface area contributed by atoms with E-state index in [1.165, 1.54) is 22.7 Å². The lowest BCUT2D eigenvalue weighted by molar-refractivity contribution is 0.282. The third-order valence-electron chi connectivity index (χ3n) is 2.55. The van der Waals surface area contributed by atoms with Crippen molar-refractivity contribution in [3.05, 3.63) is 6.33 Å². The highest BCUT2D eigenvalue weighted by Crippen LogP contribution is 2.18. The van der Waals surface area contributed by atoms with Crippen LogP contribution < -0.4 is 10.5 Å². The first-order chi connectivity index (χ1) is 8.33. The van der Waals surface area contributed by atoms with Crippen LogP contribution in [0.4, 0.5) is 5.82 Å². The molecule has 0 fully saturated rings. The van der Waals surface area contributed by atoms with Crippen LogP contribution in [0.15, 0.2) is 11.4 Å². The Kier molecular flexibility index (Phi) is 5.02. The standard InChI is InChI=1S/C9H18N4O3S2/c1-6(7(4-14)17-3)12-18(15,16)9-8(10)11-5-13(9)2/h5-7,12,14H,4,10H2,1-3H3. The van der Waals surface area contributed by atoms with E-state index in [0.29, 0.717) is 0 Å². The van der Waals surface area contributed by atoms with Crippen molar-refractivity contribution in [1.82, 2.24) is 14.3 Å². The molecule has 1 aromatic rings. The van der Waals surface area contributed by atoms with Gasteiger partial charge in [-0.25, -0.2) is 18.1 Å². The molecule has 0 radical (unpaired) electrons. The summed E-state index contributed by atoms with van der Waals surface area (Å²) in [5, 5.41) is 8.86. The topological polar surface area (TPSA) is 110 Å². The van der Waals surface area contributed by atoms with Crippen LogP contribution in [0.25, 0.3) is 0 Å². The van der Waals surface area contributed by atoms with Crippen molar-refractivity contribution in [2.24, 2.45) is 7.05 Å². The molecule has 0 amide bonds. The van der Waals surface area contributed by atoms with Gasteiger partial charge in [0, 0.05) is 18.3 Å². The predicted molar refractivity (Wildman–Crippen MR) is 71.8 cm³/mol. The summed E-state index contributed by atoms with van der Waals surface area (Å²) in [7, 11) is -2.19. The summed E-state index contributed by atoms with van der Waals surface area (Å²) in [6.07, 6.45) is 3.15. The van der Waals surface area contributed by atoms with Gasteiger partial charge in [0.25, 0.3) is 10.0 Å². The summed E-state index contributed by atoms with van der Waals surface area (Å²) < 4.78 is 28.1. The van der Waals surface area contributed by atoms with Crippen molar-refractivity contribution in [3.8, 4) is 0 Å². The van der Waals surface area contributed by atoms with Crippen molar-refractivity contribution in [1.29, 1.82) is 0 Å². The van der Waals surface area contributed by atoms with E-state index in [2.05, 4.69) is 9.71 Å². The molecule has 4 N–H and O–H groups in total. The summed E-state index contributed by atoms with van der Waals surface area (Å²) in [4.78, 5) is 3.74. The van der Waals surface area contributed by atoms with E-state index in [-0.39, 0.29) is 22.7 Å². The molecule has 0 aliphatic rings. The number of aliphatic hydroxyl groups excluding tert-OH is 1. The minimum absolute atomic E-state index is 0.0399. The smallest absolute Gasteiger partial charge is 0.260 e. The zero-order chi connectivity index (χ0) is 13.9. The summed E-state index contributed by atoms with van der Waals surface area (Å²) in [6, 6.07) is -0.413. The zero-order valence-corrected chi connectivity index (χ0v) is 12.1. The third-order valence-corrected chi connectivity index (χ3v) is 5.40. The number of sulfonamides is 1. The SMILES string of the molecule is CSC(CO)C(C)NS(=O)(=O)c1c(N)ncn1C. The van der Waals surface area contributed by atoms with Gasteiger partial charge in [0.05, 0.1) is 12.9 Å². The minimum atomic E-state index is -3.74. The summed E-state index contributed by atoms with van der Waals surface area (Å²) in [5.41, 5.74) is 5.54. The lowest BCUT2D eigenvalue weighted by Crippen LogP contribution is -2.41. The molecule has 0 aromatic carbocycles. The van der Waals surface area contributed by atoms with Gasteiger partial charge in [0.1, 0.15) is 0 Å². The van der Waals surface area contributed by atoms with Crippen LogP contribution in [-0.4, -0.2) is 47.2 Å². The highest BCUT2D eigenvalue weighted by atomic mass is 32.2. The molecule has 0 saturated heterocycles.